The van der Waals surface area contributed by atoms with Crippen molar-refractivity contribution >= 4 is 29.4 Å². The fourth-order valence-corrected chi connectivity index (χ4v) is 5.19. The molecule has 192 valence electrons. The second-order valence-corrected chi connectivity index (χ2v) is 10.8. The van der Waals surface area contributed by atoms with Gasteiger partial charge in [0, 0.05) is 21.8 Å². The van der Waals surface area contributed by atoms with Gasteiger partial charge in [0.2, 0.25) is 5.91 Å². The number of carbonyl (C=O) groups excluding carboxylic acids is 1. The van der Waals surface area contributed by atoms with Crippen LogP contribution >= 0.6 is 23.5 Å². The first-order valence-corrected chi connectivity index (χ1v) is 13.3. The molecular formula is C25H21BrF2N3O5P. The Morgan fingerprint density at radius 3 is 2.19 bits per heavy atom. The van der Waals surface area contributed by atoms with Gasteiger partial charge >= 0.3 is 18.9 Å². The van der Waals surface area contributed by atoms with E-state index in [0.29, 0.717) is 22.4 Å². The number of hydrogen-bond acceptors (Lipinski definition) is 3. The summed E-state index contributed by atoms with van der Waals surface area (Å²) in [6.45, 7) is 0.268. The van der Waals surface area contributed by atoms with E-state index in [9.17, 15) is 22.9 Å². The first kappa shape index (κ1) is 26.7. The molecule has 1 heterocycles. The molecule has 1 amide bonds. The summed E-state index contributed by atoms with van der Waals surface area (Å²) in [6.07, 6.45) is 1.67. The van der Waals surface area contributed by atoms with E-state index in [4.69, 9.17) is 15.5 Å². The number of halogens is 3. The molecule has 0 atom stereocenters. The third-order valence-electron chi connectivity index (χ3n) is 5.77. The highest BCUT2D eigenvalue weighted by molar-refractivity contribution is 9.10. The van der Waals surface area contributed by atoms with E-state index in [1.807, 2.05) is 30.3 Å². The largest absolute Gasteiger partial charge is 0.399 e. The molecule has 0 fully saturated rings. The standard InChI is InChI=1S/C25H21BrF2N3O5P/c26-21-12-17(6-11-20(21)25(27,28)37(34,35)36)14-31-22(18-7-9-19(10-8-18)23(29)32)15-30(24(31)33)13-16-4-2-1-3-5-16/h1-12,15H,13-14H2,(H2,29,32)(H2,34,35,36). The summed E-state index contributed by atoms with van der Waals surface area (Å²) in [4.78, 5) is 43.0. The number of benzene rings is 3. The van der Waals surface area contributed by atoms with E-state index in [1.165, 1.54) is 33.4 Å². The Morgan fingerprint density at radius 2 is 1.62 bits per heavy atom. The average molecular weight is 592 g/mol. The summed E-state index contributed by atoms with van der Waals surface area (Å²) < 4.78 is 42.5. The Morgan fingerprint density at radius 1 is 0.973 bits per heavy atom. The van der Waals surface area contributed by atoms with Gasteiger partial charge in [-0.1, -0.05) is 70.5 Å². The Hall–Kier alpha value is -3.37. The van der Waals surface area contributed by atoms with E-state index < -0.39 is 24.7 Å². The molecule has 4 N–H and O–H groups in total. The summed E-state index contributed by atoms with van der Waals surface area (Å²) >= 11 is 2.98. The zero-order valence-corrected chi connectivity index (χ0v) is 21.6. The van der Waals surface area contributed by atoms with Crippen molar-refractivity contribution < 1.29 is 27.9 Å². The molecule has 37 heavy (non-hydrogen) atoms. The lowest BCUT2D eigenvalue weighted by Crippen LogP contribution is -2.25. The summed E-state index contributed by atoms with van der Waals surface area (Å²) in [7, 11) is -5.75. The number of rotatable bonds is 8. The van der Waals surface area contributed by atoms with Gasteiger partial charge in [0.05, 0.1) is 18.8 Å². The summed E-state index contributed by atoms with van der Waals surface area (Å²) in [5, 5.41) is 0. The van der Waals surface area contributed by atoms with E-state index in [-0.39, 0.29) is 23.3 Å². The number of aromatic nitrogens is 2. The molecule has 0 aliphatic heterocycles. The maximum Gasteiger partial charge on any atom is 0.399 e. The molecule has 0 aliphatic carbocycles. The van der Waals surface area contributed by atoms with Crippen LogP contribution in [0.4, 0.5) is 8.78 Å². The fraction of sp³-hybridized carbons (Fsp3) is 0.120. The molecule has 0 saturated carbocycles. The van der Waals surface area contributed by atoms with Crippen molar-refractivity contribution in [3.8, 4) is 11.3 Å². The van der Waals surface area contributed by atoms with E-state index >= 15 is 0 Å². The van der Waals surface area contributed by atoms with Crippen LogP contribution in [0.5, 0.6) is 0 Å². The Labute approximate surface area is 218 Å². The van der Waals surface area contributed by atoms with Crippen LogP contribution in [0, 0.1) is 0 Å². The molecule has 1 aromatic heterocycles. The lowest BCUT2D eigenvalue weighted by Gasteiger charge is -2.19. The van der Waals surface area contributed by atoms with Crippen molar-refractivity contribution in [2.75, 3.05) is 0 Å². The highest BCUT2D eigenvalue weighted by Gasteiger charge is 2.51. The van der Waals surface area contributed by atoms with Crippen LogP contribution in [0.1, 0.15) is 27.0 Å². The normalized spacial score (nSPS) is 12.0. The molecule has 0 unspecified atom stereocenters. The van der Waals surface area contributed by atoms with Gasteiger partial charge in [-0.15, -0.1) is 0 Å². The van der Waals surface area contributed by atoms with Crippen LogP contribution in [-0.4, -0.2) is 24.8 Å². The van der Waals surface area contributed by atoms with Crippen molar-refractivity contribution in [1.29, 1.82) is 0 Å². The van der Waals surface area contributed by atoms with Crippen LogP contribution in [-0.2, 0) is 23.3 Å². The Kier molecular flexibility index (Phi) is 7.34. The van der Waals surface area contributed by atoms with Crippen molar-refractivity contribution in [2.24, 2.45) is 5.73 Å². The number of imidazole rings is 1. The van der Waals surface area contributed by atoms with Crippen LogP contribution in [0.15, 0.2) is 88.3 Å². The number of amides is 1. The molecule has 3 aromatic carbocycles. The highest BCUT2D eigenvalue weighted by Crippen LogP contribution is 2.60. The zero-order chi connectivity index (χ0) is 27.0. The van der Waals surface area contributed by atoms with Crippen molar-refractivity contribution in [2.45, 2.75) is 18.8 Å². The molecule has 8 nitrogen and oxygen atoms in total. The third kappa shape index (κ3) is 5.50. The number of primary amides is 1. The van der Waals surface area contributed by atoms with Gasteiger partial charge in [-0.2, -0.15) is 8.78 Å². The van der Waals surface area contributed by atoms with Crippen LogP contribution < -0.4 is 11.4 Å². The van der Waals surface area contributed by atoms with E-state index in [2.05, 4.69) is 15.9 Å². The predicted octanol–water partition coefficient (Wildman–Crippen LogP) is 4.50. The summed E-state index contributed by atoms with van der Waals surface area (Å²) in [5.41, 5.74) is 2.49. The smallest absolute Gasteiger partial charge is 0.366 e. The summed E-state index contributed by atoms with van der Waals surface area (Å²) in [5.74, 6) is -0.595. The minimum atomic E-state index is -5.75. The Balaban J connectivity index is 1.77. The molecule has 0 saturated heterocycles. The number of nitrogens with two attached hydrogens (primary N) is 1. The van der Waals surface area contributed by atoms with Gasteiger partial charge in [-0.3, -0.25) is 18.5 Å². The molecule has 0 aliphatic rings. The number of nitrogens with zero attached hydrogens (tertiary/aromatic N) is 2. The lowest BCUT2D eigenvalue weighted by atomic mass is 10.1. The molecule has 0 spiro atoms. The van der Waals surface area contributed by atoms with Crippen LogP contribution in [0.25, 0.3) is 11.3 Å². The van der Waals surface area contributed by atoms with E-state index in [0.717, 1.165) is 11.6 Å². The van der Waals surface area contributed by atoms with Gasteiger partial charge < -0.3 is 15.5 Å². The van der Waals surface area contributed by atoms with Gasteiger partial charge in [0.1, 0.15) is 0 Å². The quantitative estimate of drug-likeness (QED) is 0.260. The number of carbonyl (C=O) groups is 1. The lowest BCUT2D eigenvalue weighted by molar-refractivity contribution is 0.0557. The molecule has 0 bridgehead atoms. The zero-order valence-electron chi connectivity index (χ0n) is 19.1. The monoisotopic (exact) mass is 591 g/mol. The van der Waals surface area contributed by atoms with Crippen LogP contribution in [0.2, 0.25) is 0 Å². The molecule has 0 radical (unpaired) electrons. The second-order valence-electron chi connectivity index (χ2n) is 8.34. The predicted molar refractivity (Wildman–Crippen MR) is 137 cm³/mol. The van der Waals surface area contributed by atoms with Gasteiger partial charge in [0.15, 0.2) is 0 Å². The summed E-state index contributed by atoms with van der Waals surface area (Å²) in [6, 6.07) is 19.2. The molecule has 4 aromatic rings. The van der Waals surface area contributed by atoms with E-state index in [1.54, 1.807) is 18.3 Å². The minimum absolute atomic E-state index is 0.0200. The number of hydrogen-bond donors (Lipinski definition) is 3. The second kappa shape index (κ2) is 10.2. The topological polar surface area (TPSA) is 128 Å². The van der Waals surface area contributed by atoms with Crippen LogP contribution in [0.3, 0.4) is 0 Å². The maximum absolute atomic E-state index is 14.2. The SMILES string of the molecule is NC(=O)c1ccc(-c2cn(Cc3ccccc3)c(=O)n2Cc2ccc(C(F)(F)P(=O)(O)O)c(Br)c2)cc1. The van der Waals surface area contributed by atoms with Crippen molar-refractivity contribution in [1.82, 2.24) is 9.13 Å². The van der Waals surface area contributed by atoms with Gasteiger partial charge in [0.25, 0.3) is 0 Å². The van der Waals surface area contributed by atoms with Crippen molar-refractivity contribution in [3.63, 3.8) is 0 Å². The fourth-order valence-electron chi connectivity index (χ4n) is 3.85. The first-order chi connectivity index (χ1) is 17.4. The molecule has 12 heteroatoms. The molecular weight excluding hydrogens is 571 g/mol. The molecule has 4 rings (SSSR count). The first-order valence-electron chi connectivity index (χ1n) is 10.8. The third-order valence-corrected chi connectivity index (χ3v) is 7.40. The minimum Gasteiger partial charge on any atom is -0.366 e. The number of alkyl halides is 2. The Bertz CT molecular complexity index is 1560. The highest BCUT2D eigenvalue weighted by atomic mass is 79.9. The average Bonchev–Trinajstić information content (AvgIpc) is 3.14. The van der Waals surface area contributed by atoms with Gasteiger partial charge in [-0.05, 0) is 34.9 Å². The van der Waals surface area contributed by atoms with Gasteiger partial charge in [-0.25, -0.2) is 4.79 Å². The maximum atomic E-state index is 14.2. The van der Waals surface area contributed by atoms with Crippen molar-refractivity contribution in [3.05, 3.63) is 116 Å².